The van der Waals surface area contributed by atoms with E-state index in [4.69, 9.17) is 5.73 Å². The van der Waals surface area contributed by atoms with Crippen molar-refractivity contribution >= 4 is 0 Å². The Hall–Kier alpha value is -0.300. The molecule has 0 spiro atoms. The van der Waals surface area contributed by atoms with Crippen molar-refractivity contribution in [2.75, 3.05) is 0 Å². The highest BCUT2D eigenvalue weighted by atomic mass is 14.6. The molecule has 0 bridgehead atoms. The van der Waals surface area contributed by atoms with Gasteiger partial charge in [-0.1, -0.05) is 70.3 Å². The van der Waals surface area contributed by atoms with E-state index in [1.54, 1.807) is 0 Å². The summed E-state index contributed by atoms with van der Waals surface area (Å²) in [4.78, 5) is 0. The molecule has 0 saturated carbocycles. The highest BCUT2D eigenvalue weighted by molar-refractivity contribution is 4.91. The van der Waals surface area contributed by atoms with Crippen LogP contribution in [0, 0.1) is 0 Å². The molecule has 0 aromatic carbocycles. The van der Waals surface area contributed by atoms with E-state index in [1.165, 1.54) is 69.8 Å². The van der Waals surface area contributed by atoms with Crippen LogP contribution in [0.15, 0.2) is 12.2 Å². The van der Waals surface area contributed by atoms with Gasteiger partial charge in [0.25, 0.3) is 0 Å². The zero-order valence-electron chi connectivity index (χ0n) is 12.1. The Bertz CT molecular complexity index is 174. The van der Waals surface area contributed by atoms with Gasteiger partial charge < -0.3 is 5.73 Å². The molecule has 0 rings (SSSR count). The maximum absolute atomic E-state index is 6.01. The van der Waals surface area contributed by atoms with E-state index in [-0.39, 0.29) is 0 Å². The standard InChI is InChI=1S/C16H33N/c1-4-5-6-7-8-9-10-11-12-13-16(17)14-15(2)3/h16H,2,4-14,17H2,1,3H3. The molecule has 0 amide bonds. The molecule has 1 nitrogen and oxygen atoms in total. The average Bonchev–Trinajstić information content (AvgIpc) is 2.26. The fraction of sp³-hybridized carbons (Fsp3) is 0.875. The fourth-order valence-electron chi connectivity index (χ4n) is 2.27. The summed E-state index contributed by atoms with van der Waals surface area (Å²) >= 11 is 0. The molecule has 0 fully saturated rings. The molecule has 1 heteroatoms. The maximum Gasteiger partial charge on any atom is 0.00758 e. The molecule has 0 radical (unpaired) electrons. The lowest BCUT2D eigenvalue weighted by Crippen LogP contribution is -2.19. The summed E-state index contributed by atoms with van der Waals surface area (Å²) in [7, 11) is 0. The molecule has 0 aliphatic carbocycles. The monoisotopic (exact) mass is 239 g/mol. The van der Waals surface area contributed by atoms with Crippen molar-refractivity contribution < 1.29 is 0 Å². The van der Waals surface area contributed by atoms with Crippen LogP contribution in [-0.4, -0.2) is 6.04 Å². The van der Waals surface area contributed by atoms with Crippen LogP contribution < -0.4 is 5.73 Å². The SMILES string of the molecule is C=C(C)CC(N)CCCCCCCCCCC. The summed E-state index contributed by atoms with van der Waals surface area (Å²) in [6.07, 6.45) is 14.7. The number of hydrogen-bond acceptors (Lipinski definition) is 1. The third-order valence-corrected chi connectivity index (χ3v) is 3.29. The Morgan fingerprint density at radius 2 is 1.41 bits per heavy atom. The number of rotatable bonds is 12. The van der Waals surface area contributed by atoms with Crippen molar-refractivity contribution in [1.29, 1.82) is 0 Å². The molecule has 17 heavy (non-hydrogen) atoms. The molecule has 102 valence electrons. The molecular weight excluding hydrogens is 206 g/mol. The number of hydrogen-bond donors (Lipinski definition) is 1. The van der Waals surface area contributed by atoms with Crippen LogP contribution in [0.3, 0.4) is 0 Å². The predicted molar refractivity (Wildman–Crippen MR) is 79.3 cm³/mol. The Morgan fingerprint density at radius 3 is 1.88 bits per heavy atom. The average molecular weight is 239 g/mol. The van der Waals surface area contributed by atoms with Crippen LogP contribution >= 0.6 is 0 Å². The Morgan fingerprint density at radius 1 is 0.941 bits per heavy atom. The minimum atomic E-state index is 0.344. The van der Waals surface area contributed by atoms with Crippen molar-refractivity contribution in [3.05, 3.63) is 12.2 Å². The molecule has 0 aromatic rings. The smallest absolute Gasteiger partial charge is 0.00758 e. The summed E-state index contributed by atoms with van der Waals surface area (Å²) in [6.45, 7) is 8.25. The van der Waals surface area contributed by atoms with Gasteiger partial charge in [0, 0.05) is 6.04 Å². The van der Waals surface area contributed by atoms with Crippen molar-refractivity contribution in [2.45, 2.75) is 90.5 Å². The van der Waals surface area contributed by atoms with Crippen LogP contribution in [0.5, 0.6) is 0 Å². The van der Waals surface area contributed by atoms with Gasteiger partial charge in [0.2, 0.25) is 0 Å². The Kier molecular flexibility index (Phi) is 12.0. The van der Waals surface area contributed by atoms with Gasteiger partial charge in [-0.15, -0.1) is 6.58 Å². The normalized spacial score (nSPS) is 12.6. The summed E-state index contributed by atoms with van der Waals surface area (Å²) < 4.78 is 0. The van der Waals surface area contributed by atoms with E-state index >= 15 is 0 Å². The van der Waals surface area contributed by atoms with Gasteiger partial charge in [-0.25, -0.2) is 0 Å². The Balaban J connectivity index is 3.10. The molecule has 0 aliphatic heterocycles. The zero-order valence-corrected chi connectivity index (χ0v) is 12.1. The van der Waals surface area contributed by atoms with E-state index in [0.717, 1.165) is 6.42 Å². The second-order valence-electron chi connectivity index (χ2n) is 5.54. The molecule has 0 heterocycles. The van der Waals surface area contributed by atoms with E-state index < -0.39 is 0 Å². The van der Waals surface area contributed by atoms with Gasteiger partial charge in [-0.3, -0.25) is 0 Å². The van der Waals surface area contributed by atoms with Gasteiger partial charge in [0.15, 0.2) is 0 Å². The molecule has 0 aromatic heterocycles. The van der Waals surface area contributed by atoms with Gasteiger partial charge in [0.05, 0.1) is 0 Å². The minimum Gasteiger partial charge on any atom is -0.327 e. The highest BCUT2D eigenvalue weighted by Gasteiger charge is 2.01. The summed E-state index contributed by atoms with van der Waals surface area (Å²) in [5.41, 5.74) is 7.23. The summed E-state index contributed by atoms with van der Waals surface area (Å²) in [5, 5.41) is 0. The first-order valence-electron chi connectivity index (χ1n) is 7.56. The second kappa shape index (κ2) is 12.2. The van der Waals surface area contributed by atoms with Crippen LogP contribution in [-0.2, 0) is 0 Å². The highest BCUT2D eigenvalue weighted by Crippen LogP contribution is 2.12. The second-order valence-corrected chi connectivity index (χ2v) is 5.54. The van der Waals surface area contributed by atoms with Crippen LogP contribution in [0.2, 0.25) is 0 Å². The lowest BCUT2D eigenvalue weighted by atomic mass is 10.0. The third kappa shape index (κ3) is 13.6. The largest absolute Gasteiger partial charge is 0.327 e. The van der Waals surface area contributed by atoms with E-state index in [9.17, 15) is 0 Å². The van der Waals surface area contributed by atoms with Crippen molar-refractivity contribution in [1.82, 2.24) is 0 Å². The van der Waals surface area contributed by atoms with Gasteiger partial charge in [0.1, 0.15) is 0 Å². The maximum atomic E-state index is 6.01. The number of unbranched alkanes of at least 4 members (excludes halogenated alkanes) is 8. The first-order chi connectivity index (χ1) is 8.16. The van der Waals surface area contributed by atoms with Crippen molar-refractivity contribution in [2.24, 2.45) is 5.73 Å². The van der Waals surface area contributed by atoms with Gasteiger partial charge in [-0.05, 0) is 19.8 Å². The molecule has 2 N–H and O–H groups in total. The van der Waals surface area contributed by atoms with Crippen molar-refractivity contribution in [3.63, 3.8) is 0 Å². The van der Waals surface area contributed by atoms with Crippen LogP contribution in [0.1, 0.15) is 84.5 Å². The fourth-order valence-corrected chi connectivity index (χ4v) is 2.27. The van der Waals surface area contributed by atoms with Gasteiger partial charge in [-0.2, -0.15) is 0 Å². The lowest BCUT2D eigenvalue weighted by molar-refractivity contribution is 0.521. The quantitative estimate of drug-likeness (QED) is 0.367. The van der Waals surface area contributed by atoms with Gasteiger partial charge >= 0.3 is 0 Å². The zero-order chi connectivity index (χ0) is 12.9. The first kappa shape index (κ1) is 16.7. The van der Waals surface area contributed by atoms with E-state index in [1.807, 2.05) is 0 Å². The summed E-state index contributed by atoms with van der Waals surface area (Å²) in [6, 6.07) is 0.344. The van der Waals surface area contributed by atoms with E-state index in [0.29, 0.717) is 6.04 Å². The molecule has 0 saturated heterocycles. The molecular formula is C16H33N. The van der Waals surface area contributed by atoms with Crippen LogP contribution in [0.4, 0.5) is 0 Å². The molecule has 1 atom stereocenters. The predicted octanol–water partition coefficient (Wildman–Crippen LogP) is 5.20. The first-order valence-corrected chi connectivity index (χ1v) is 7.56. The minimum absolute atomic E-state index is 0.344. The van der Waals surface area contributed by atoms with Crippen LogP contribution in [0.25, 0.3) is 0 Å². The third-order valence-electron chi connectivity index (χ3n) is 3.29. The Labute approximate surface area is 109 Å². The summed E-state index contributed by atoms with van der Waals surface area (Å²) in [5.74, 6) is 0. The number of nitrogens with two attached hydrogens (primary N) is 1. The lowest BCUT2D eigenvalue weighted by Gasteiger charge is -2.10. The molecule has 0 aliphatic rings. The molecule has 1 unspecified atom stereocenters. The van der Waals surface area contributed by atoms with Crippen molar-refractivity contribution in [3.8, 4) is 0 Å². The van der Waals surface area contributed by atoms with E-state index in [2.05, 4.69) is 20.4 Å². The topological polar surface area (TPSA) is 26.0 Å².